The first-order valence-corrected chi connectivity index (χ1v) is 8.95. The molecule has 2 N–H and O–H groups in total. The molecule has 3 aliphatic heterocycles. The Morgan fingerprint density at radius 3 is 2.70 bits per heavy atom. The number of aryl methyl sites for hydroxylation is 2. The van der Waals surface area contributed by atoms with E-state index < -0.39 is 0 Å². The normalized spacial score (nSPS) is 29.1. The molecule has 124 valence electrons. The van der Waals surface area contributed by atoms with E-state index in [1.54, 1.807) is 0 Å². The Hall–Kier alpha value is -1.39. The number of piperidine rings is 3. The van der Waals surface area contributed by atoms with Crippen LogP contribution in [0.2, 0.25) is 0 Å². The summed E-state index contributed by atoms with van der Waals surface area (Å²) in [6.45, 7) is 11.5. The van der Waals surface area contributed by atoms with Crippen LogP contribution in [0.25, 0.3) is 0 Å². The number of nitrogens with one attached hydrogen (secondary N) is 2. The average Bonchev–Trinajstić information content (AvgIpc) is 2.52. The molecule has 2 bridgehead atoms. The Balaban J connectivity index is 1.51. The summed E-state index contributed by atoms with van der Waals surface area (Å²) >= 11 is 5.47. The topological polar surface area (TPSA) is 27.3 Å². The highest BCUT2D eigenvalue weighted by Gasteiger charge is 2.38. The first-order chi connectivity index (χ1) is 11.0. The van der Waals surface area contributed by atoms with Crippen molar-refractivity contribution in [1.29, 1.82) is 0 Å². The quantitative estimate of drug-likeness (QED) is 0.653. The van der Waals surface area contributed by atoms with Gasteiger partial charge in [-0.1, -0.05) is 12.1 Å². The molecule has 0 aromatic heterocycles. The Labute approximate surface area is 145 Å². The molecule has 3 heterocycles. The van der Waals surface area contributed by atoms with Crippen LogP contribution in [0.1, 0.15) is 24.0 Å². The van der Waals surface area contributed by atoms with Crippen molar-refractivity contribution in [3.63, 3.8) is 0 Å². The average molecular weight is 330 g/mol. The summed E-state index contributed by atoms with van der Waals surface area (Å²) < 4.78 is 0. The van der Waals surface area contributed by atoms with Gasteiger partial charge in [0.2, 0.25) is 0 Å². The van der Waals surface area contributed by atoms with E-state index >= 15 is 0 Å². The van der Waals surface area contributed by atoms with Gasteiger partial charge in [0.05, 0.1) is 0 Å². The van der Waals surface area contributed by atoms with Crippen LogP contribution in [-0.4, -0.2) is 35.7 Å². The van der Waals surface area contributed by atoms with E-state index in [0.717, 1.165) is 29.8 Å². The van der Waals surface area contributed by atoms with Gasteiger partial charge in [-0.15, -0.1) is 6.58 Å². The number of rotatable bonds is 4. The molecular formula is C19H27N3S. The number of thiocarbonyl (C=S) groups is 1. The number of hydrogen-bond donors (Lipinski definition) is 2. The van der Waals surface area contributed by atoms with Crippen LogP contribution < -0.4 is 10.6 Å². The molecule has 0 amide bonds. The van der Waals surface area contributed by atoms with Crippen molar-refractivity contribution in [3.05, 3.63) is 42.0 Å². The minimum atomic E-state index is 0.601. The molecule has 3 nitrogen and oxygen atoms in total. The SMILES string of the molecule is C=C[C@H]1CN2CC[C@H]1C[C@@H]2CNC(=S)Nc1cc(C)cc(C)c1. The summed E-state index contributed by atoms with van der Waals surface area (Å²) in [5.41, 5.74) is 3.57. The van der Waals surface area contributed by atoms with Gasteiger partial charge >= 0.3 is 0 Å². The van der Waals surface area contributed by atoms with Crippen LogP contribution in [0.5, 0.6) is 0 Å². The first-order valence-electron chi connectivity index (χ1n) is 8.55. The second-order valence-corrected chi connectivity index (χ2v) is 7.45. The van der Waals surface area contributed by atoms with Crippen LogP contribution in [0, 0.1) is 25.7 Å². The molecule has 1 aromatic rings. The second-order valence-electron chi connectivity index (χ2n) is 7.04. The Kier molecular flexibility index (Phi) is 5.02. The smallest absolute Gasteiger partial charge is 0.170 e. The molecule has 3 aliphatic rings. The first kappa shape index (κ1) is 16.5. The molecule has 4 atom stereocenters. The van der Waals surface area contributed by atoms with E-state index in [4.69, 9.17) is 12.2 Å². The van der Waals surface area contributed by atoms with Gasteiger partial charge in [-0.2, -0.15) is 0 Å². The minimum Gasteiger partial charge on any atom is -0.361 e. The summed E-state index contributed by atoms with van der Waals surface area (Å²) in [4.78, 5) is 2.60. The van der Waals surface area contributed by atoms with Crippen molar-refractivity contribution < 1.29 is 0 Å². The van der Waals surface area contributed by atoms with Crippen molar-refractivity contribution in [3.8, 4) is 0 Å². The molecule has 3 saturated heterocycles. The largest absolute Gasteiger partial charge is 0.361 e. The number of nitrogens with zero attached hydrogens (tertiary/aromatic N) is 1. The predicted octanol–water partition coefficient (Wildman–Crippen LogP) is 3.49. The molecule has 23 heavy (non-hydrogen) atoms. The van der Waals surface area contributed by atoms with E-state index in [1.807, 2.05) is 0 Å². The Morgan fingerprint density at radius 2 is 2.09 bits per heavy atom. The zero-order chi connectivity index (χ0) is 16.4. The van der Waals surface area contributed by atoms with Gasteiger partial charge in [0.1, 0.15) is 0 Å². The summed E-state index contributed by atoms with van der Waals surface area (Å²) in [5, 5.41) is 7.44. The third-order valence-electron chi connectivity index (χ3n) is 5.21. The number of hydrogen-bond acceptors (Lipinski definition) is 2. The van der Waals surface area contributed by atoms with Crippen LogP contribution in [-0.2, 0) is 0 Å². The zero-order valence-corrected chi connectivity index (χ0v) is 15.0. The molecule has 0 saturated carbocycles. The summed E-state index contributed by atoms with van der Waals surface area (Å²) in [5.74, 6) is 1.49. The molecule has 1 aromatic carbocycles. The maximum Gasteiger partial charge on any atom is 0.170 e. The minimum absolute atomic E-state index is 0.601. The highest BCUT2D eigenvalue weighted by molar-refractivity contribution is 7.80. The van der Waals surface area contributed by atoms with Crippen molar-refractivity contribution in [2.75, 3.05) is 25.0 Å². The summed E-state index contributed by atoms with van der Waals surface area (Å²) in [6, 6.07) is 7.02. The van der Waals surface area contributed by atoms with Gasteiger partial charge in [-0.3, -0.25) is 4.90 Å². The van der Waals surface area contributed by atoms with Crippen molar-refractivity contribution >= 4 is 23.0 Å². The molecule has 4 rings (SSSR count). The lowest BCUT2D eigenvalue weighted by Gasteiger charge is -2.49. The van der Waals surface area contributed by atoms with Crippen LogP contribution in [0.4, 0.5) is 5.69 Å². The van der Waals surface area contributed by atoms with E-state index in [2.05, 4.69) is 60.2 Å². The van der Waals surface area contributed by atoms with Gasteiger partial charge in [0, 0.05) is 24.8 Å². The van der Waals surface area contributed by atoms with Gasteiger partial charge in [0.25, 0.3) is 0 Å². The molecule has 0 spiro atoms. The van der Waals surface area contributed by atoms with Crippen LogP contribution in [0.3, 0.4) is 0 Å². The molecule has 0 radical (unpaired) electrons. The fraction of sp³-hybridized carbons (Fsp3) is 0.526. The van der Waals surface area contributed by atoms with E-state index in [9.17, 15) is 0 Å². The Morgan fingerprint density at radius 1 is 1.35 bits per heavy atom. The van der Waals surface area contributed by atoms with Crippen molar-refractivity contribution in [2.24, 2.45) is 11.8 Å². The lowest BCUT2D eigenvalue weighted by Crippen LogP contribution is -2.56. The highest BCUT2D eigenvalue weighted by Crippen LogP contribution is 2.36. The summed E-state index contributed by atoms with van der Waals surface area (Å²) in [6.07, 6.45) is 4.72. The van der Waals surface area contributed by atoms with Gasteiger partial charge in [-0.25, -0.2) is 0 Å². The molecular weight excluding hydrogens is 302 g/mol. The van der Waals surface area contributed by atoms with Crippen LogP contribution >= 0.6 is 12.2 Å². The predicted molar refractivity (Wildman–Crippen MR) is 102 cm³/mol. The van der Waals surface area contributed by atoms with Gasteiger partial charge in [-0.05, 0) is 80.5 Å². The Bertz CT molecular complexity index is 578. The fourth-order valence-corrected chi connectivity index (χ4v) is 4.29. The number of anilines is 1. The van der Waals surface area contributed by atoms with Gasteiger partial charge in [0.15, 0.2) is 5.11 Å². The number of benzene rings is 1. The molecule has 3 fully saturated rings. The zero-order valence-electron chi connectivity index (χ0n) is 14.1. The van der Waals surface area contributed by atoms with Crippen molar-refractivity contribution in [2.45, 2.75) is 32.7 Å². The van der Waals surface area contributed by atoms with E-state index in [-0.39, 0.29) is 0 Å². The standard InChI is InChI=1S/C19H27N3S/c1-4-15-12-22-6-5-16(15)10-18(22)11-20-19(23)21-17-8-13(2)7-14(3)9-17/h4,7-9,15-16,18H,1,5-6,10-12H2,2-3H3,(H2,20,21,23)/t15-,16-,18+/m0/s1. The molecule has 1 unspecified atom stereocenters. The molecule has 4 heteroatoms. The summed E-state index contributed by atoms with van der Waals surface area (Å²) in [7, 11) is 0. The third-order valence-corrected chi connectivity index (χ3v) is 5.46. The van der Waals surface area contributed by atoms with Gasteiger partial charge < -0.3 is 10.6 Å². The maximum atomic E-state index is 5.47. The lowest BCUT2D eigenvalue weighted by molar-refractivity contribution is 0.0215. The highest BCUT2D eigenvalue weighted by atomic mass is 32.1. The maximum absolute atomic E-state index is 5.47. The van der Waals surface area contributed by atoms with Crippen molar-refractivity contribution in [1.82, 2.24) is 10.2 Å². The lowest BCUT2D eigenvalue weighted by atomic mass is 9.76. The number of fused-ring (bicyclic) bond motifs is 3. The monoisotopic (exact) mass is 329 g/mol. The molecule has 0 aliphatic carbocycles. The fourth-order valence-electron chi connectivity index (χ4n) is 4.09. The second kappa shape index (κ2) is 7.02. The van der Waals surface area contributed by atoms with E-state index in [1.165, 1.54) is 30.5 Å². The van der Waals surface area contributed by atoms with E-state index in [0.29, 0.717) is 12.0 Å². The van der Waals surface area contributed by atoms with Crippen LogP contribution in [0.15, 0.2) is 30.9 Å². The third kappa shape index (κ3) is 3.93.